The van der Waals surface area contributed by atoms with E-state index in [2.05, 4.69) is 20.6 Å². The minimum absolute atomic E-state index is 0.0494. The van der Waals surface area contributed by atoms with Crippen LogP contribution in [0.3, 0.4) is 0 Å². The second kappa shape index (κ2) is 8.79. The third kappa shape index (κ3) is 5.04. The molecule has 1 fully saturated rings. The summed E-state index contributed by atoms with van der Waals surface area (Å²) in [7, 11) is 0. The average Bonchev–Trinajstić information content (AvgIpc) is 2.64. The van der Waals surface area contributed by atoms with Crippen molar-refractivity contribution < 1.29 is 9.59 Å². The van der Waals surface area contributed by atoms with E-state index in [-0.39, 0.29) is 30.3 Å². The molecule has 1 aromatic carbocycles. The summed E-state index contributed by atoms with van der Waals surface area (Å²) in [5.41, 5.74) is 2.63. The van der Waals surface area contributed by atoms with Crippen molar-refractivity contribution >= 4 is 11.8 Å². The van der Waals surface area contributed by atoms with E-state index >= 15 is 0 Å². The molecule has 2 aromatic rings. The third-order valence-corrected chi connectivity index (χ3v) is 4.83. The van der Waals surface area contributed by atoms with Gasteiger partial charge in [0.25, 0.3) is 5.56 Å². The summed E-state index contributed by atoms with van der Waals surface area (Å²) in [5, 5.41) is 5.57. The highest BCUT2D eigenvalue weighted by Crippen LogP contribution is 2.16. The second-order valence-electron chi connectivity index (χ2n) is 7.02. The van der Waals surface area contributed by atoms with Gasteiger partial charge in [-0.15, -0.1) is 0 Å². The highest BCUT2D eigenvalue weighted by molar-refractivity contribution is 5.88. The van der Waals surface area contributed by atoms with Gasteiger partial charge in [-0.05, 0) is 25.0 Å². The molecule has 3 rings (SSSR count). The van der Waals surface area contributed by atoms with Crippen LogP contribution in [-0.2, 0) is 22.7 Å². The molecule has 3 N–H and O–H groups in total. The Bertz CT molecular complexity index is 924. The number of aryl methyl sites for hydroxylation is 2. The number of rotatable bonds is 6. The van der Waals surface area contributed by atoms with Gasteiger partial charge >= 0.3 is 0 Å². The lowest BCUT2D eigenvalue weighted by atomic mass is 10.0. The van der Waals surface area contributed by atoms with Crippen LogP contribution in [0.15, 0.2) is 35.1 Å². The predicted octanol–water partition coefficient (Wildman–Crippen LogP) is 0.394. The highest BCUT2D eigenvalue weighted by atomic mass is 16.2. The van der Waals surface area contributed by atoms with Crippen LogP contribution in [0.5, 0.6) is 0 Å². The van der Waals surface area contributed by atoms with Gasteiger partial charge in [0.15, 0.2) is 0 Å². The molecule has 0 unspecified atom stereocenters. The van der Waals surface area contributed by atoms with Crippen LogP contribution in [0.2, 0.25) is 0 Å². The third-order valence-electron chi connectivity index (χ3n) is 4.83. The predicted molar refractivity (Wildman–Crippen MR) is 104 cm³/mol. The van der Waals surface area contributed by atoms with Crippen LogP contribution in [-0.4, -0.2) is 45.8 Å². The Balaban J connectivity index is 1.63. The summed E-state index contributed by atoms with van der Waals surface area (Å²) in [6.45, 7) is 5.74. The van der Waals surface area contributed by atoms with Crippen LogP contribution in [0, 0.1) is 13.8 Å². The number of amides is 2. The van der Waals surface area contributed by atoms with Gasteiger partial charge in [-0.2, -0.15) is 0 Å². The largest absolute Gasteiger partial charge is 0.353 e. The van der Waals surface area contributed by atoms with Crippen LogP contribution in [0.4, 0.5) is 0 Å². The zero-order valence-corrected chi connectivity index (χ0v) is 16.1. The quantitative estimate of drug-likeness (QED) is 0.669. The number of benzene rings is 1. The number of hydrogen-bond acceptors (Lipinski definition) is 5. The van der Waals surface area contributed by atoms with E-state index in [1.165, 1.54) is 6.07 Å². The summed E-state index contributed by atoms with van der Waals surface area (Å²) in [5.74, 6) is -0.0127. The maximum atomic E-state index is 12.4. The van der Waals surface area contributed by atoms with Gasteiger partial charge in [0, 0.05) is 31.4 Å². The number of nitrogens with zero attached hydrogens (tertiary/aromatic N) is 2. The van der Waals surface area contributed by atoms with Crippen LogP contribution >= 0.6 is 0 Å². The molecule has 148 valence electrons. The fourth-order valence-corrected chi connectivity index (χ4v) is 3.33. The van der Waals surface area contributed by atoms with Crippen molar-refractivity contribution in [2.75, 3.05) is 13.1 Å². The molecule has 0 aliphatic carbocycles. The molecule has 2 heterocycles. The SMILES string of the molecule is Cc1cc(=O)[nH]c(CNC(=O)C[C@H]2C(=O)NCCN2Cc2ccccc2C)n1. The molecular weight excluding hydrogens is 358 g/mol. The van der Waals surface area contributed by atoms with Gasteiger partial charge in [-0.25, -0.2) is 4.98 Å². The Morgan fingerprint density at radius 2 is 2.07 bits per heavy atom. The van der Waals surface area contributed by atoms with Gasteiger partial charge < -0.3 is 15.6 Å². The van der Waals surface area contributed by atoms with Crippen molar-refractivity contribution in [1.82, 2.24) is 25.5 Å². The first kappa shape index (κ1) is 19.8. The smallest absolute Gasteiger partial charge is 0.251 e. The lowest BCUT2D eigenvalue weighted by molar-refractivity contribution is -0.134. The molecule has 2 amide bonds. The normalized spacial score (nSPS) is 17.2. The van der Waals surface area contributed by atoms with Crippen LogP contribution < -0.4 is 16.2 Å². The Kier molecular flexibility index (Phi) is 6.20. The molecule has 1 atom stereocenters. The molecule has 8 heteroatoms. The molecule has 0 saturated carbocycles. The summed E-state index contributed by atoms with van der Waals surface area (Å²) in [4.78, 5) is 45.1. The summed E-state index contributed by atoms with van der Waals surface area (Å²) in [6, 6.07) is 8.90. The molecule has 1 aliphatic heterocycles. The first-order chi connectivity index (χ1) is 13.4. The van der Waals surface area contributed by atoms with Gasteiger partial charge in [0.2, 0.25) is 11.8 Å². The molecule has 1 saturated heterocycles. The minimum atomic E-state index is -0.530. The van der Waals surface area contributed by atoms with E-state index < -0.39 is 6.04 Å². The number of H-pyrrole nitrogens is 1. The monoisotopic (exact) mass is 383 g/mol. The molecule has 0 bridgehead atoms. The standard InChI is InChI=1S/C20H25N5O3/c1-13-5-3-4-6-15(13)12-25-8-7-21-20(28)16(25)10-18(26)22-11-17-23-14(2)9-19(27)24-17/h3-6,9,16H,7-8,10-12H2,1-2H3,(H,21,28)(H,22,26)(H,23,24,27)/t16-/m0/s1. The zero-order valence-electron chi connectivity index (χ0n) is 16.1. The summed E-state index contributed by atoms with van der Waals surface area (Å²) < 4.78 is 0. The lowest BCUT2D eigenvalue weighted by Gasteiger charge is -2.35. The Morgan fingerprint density at radius 3 is 2.82 bits per heavy atom. The van der Waals surface area contributed by atoms with Crippen molar-refractivity contribution in [3.63, 3.8) is 0 Å². The number of aromatic amines is 1. The van der Waals surface area contributed by atoms with Gasteiger partial charge in [-0.1, -0.05) is 24.3 Å². The molecule has 28 heavy (non-hydrogen) atoms. The first-order valence-corrected chi connectivity index (χ1v) is 9.32. The fraction of sp³-hybridized carbons (Fsp3) is 0.400. The van der Waals surface area contributed by atoms with Gasteiger partial charge in [0.1, 0.15) is 5.82 Å². The topological polar surface area (TPSA) is 107 Å². The molecule has 1 aliphatic rings. The fourth-order valence-electron chi connectivity index (χ4n) is 3.33. The second-order valence-corrected chi connectivity index (χ2v) is 7.02. The number of carbonyl (C=O) groups excluding carboxylic acids is 2. The van der Waals surface area contributed by atoms with E-state index in [1.807, 2.05) is 36.1 Å². The molecule has 1 aromatic heterocycles. The van der Waals surface area contributed by atoms with Gasteiger partial charge in [-0.3, -0.25) is 19.3 Å². The molecule has 8 nitrogen and oxygen atoms in total. The molecule has 0 radical (unpaired) electrons. The van der Waals surface area contributed by atoms with Crippen molar-refractivity contribution in [3.8, 4) is 0 Å². The van der Waals surface area contributed by atoms with E-state index in [4.69, 9.17) is 0 Å². The van der Waals surface area contributed by atoms with Crippen molar-refractivity contribution in [3.05, 3.63) is 63.3 Å². The maximum Gasteiger partial charge on any atom is 0.251 e. The van der Waals surface area contributed by atoms with Crippen molar-refractivity contribution in [1.29, 1.82) is 0 Å². The average molecular weight is 383 g/mol. The van der Waals surface area contributed by atoms with E-state index in [9.17, 15) is 14.4 Å². The summed E-state index contributed by atoms with van der Waals surface area (Å²) >= 11 is 0. The highest BCUT2D eigenvalue weighted by Gasteiger charge is 2.31. The lowest BCUT2D eigenvalue weighted by Crippen LogP contribution is -2.56. The number of nitrogens with one attached hydrogen (secondary N) is 3. The van der Waals surface area contributed by atoms with Crippen LogP contribution in [0.1, 0.15) is 29.1 Å². The number of carbonyl (C=O) groups is 2. The molecule has 0 spiro atoms. The van der Waals surface area contributed by atoms with E-state index in [1.54, 1.807) is 6.92 Å². The molecular formula is C20H25N5O3. The number of aromatic nitrogens is 2. The first-order valence-electron chi connectivity index (χ1n) is 9.32. The minimum Gasteiger partial charge on any atom is -0.353 e. The zero-order chi connectivity index (χ0) is 20.1. The Hall–Kier alpha value is -3.00. The Morgan fingerprint density at radius 1 is 1.29 bits per heavy atom. The van der Waals surface area contributed by atoms with Crippen molar-refractivity contribution in [2.24, 2.45) is 0 Å². The van der Waals surface area contributed by atoms with Crippen LogP contribution in [0.25, 0.3) is 0 Å². The van der Waals surface area contributed by atoms with Gasteiger partial charge in [0.05, 0.1) is 19.0 Å². The van der Waals surface area contributed by atoms with E-state index in [0.29, 0.717) is 31.2 Å². The van der Waals surface area contributed by atoms with E-state index in [0.717, 1.165) is 11.1 Å². The number of hydrogen-bond donors (Lipinski definition) is 3. The van der Waals surface area contributed by atoms with Crippen molar-refractivity contribution in [2.45, 2.75) is 39.4 Å². The Labute approximate surface area is 163 Å². The summed E-state index contributed by atoms with van der Waals surface area (Å²) in [6.07, 6.45) is 0.0494. The number of piperazine rings is 1. The maximum absolute atomic E-state index is 12.4.